The van der Waals surface area contributed by atoms with Gasteiger partial charge in [-0.1, -0.05) is 6.92 Å². The summed E-state index contributed by atoms with van der Waals surface area (Å²) in [7, 11) is 0. The van der Waals surface area contributed by atoms with Crippen molar-refractivity contribution in [1.29, 1.82) is 0 Å². The molecular weight excluding hydrogens is 142 g/mol. The third-order valence-corrected chi connectivity index (χ3v) is 1.26. The fourth-order valence-electron chi connectivity index (χ4n) is 0.665. The van der Waals surface area contributed by atoms with Crippen molar-refractivity contribution in [2.75, 3.05) is 19.8 Å². The monoisotopic (exact) mass is 161 g/mol. The van der Waals surface area contributed by atoms with Gasteiger partial charge in [-0.2, -0.15) is 0 Å². The second kappa shape index (κ2) is 7.98. The maximum atomic E-state index is 5.29. The molecule has 0 aromatic rings. The Morgan fingerprint density at radius 1 is 1.27 bits per heavy atom. The van der Waals surface area contributed by atoms with Gasteiger partial charge in [0.25, 0.3) is 0 Å². The number of hydrogen-bond donors (Lipinski definition) is 1. The van der Waals surface area contributed by atoms with E-state index in [1.807, 2.05) is 6.92 Å². The molecule has 2 N–H and O–H groups in total. The van der Waals surface area contributed by atoms with E-state index < -0.39 is 0 Å². The van der Waals surface area contributed by atoms with Crippen LogP contribution >= 0.6 is 0 Å². The van der Waals surface area contributed by atoms with E-state index in [4.69, 9.17) is 15.2 Å². The van der Waals surface area contributed by atoms with Crippen LogP contribution in [0.2, 0.25) is 0 Å². The average molecular weight is 161 g/mol. The molecule has 0 aliphatic heterocycles. The number of rotatable bonds is 7. The number of hydrogen-bond acceptors (Lipinski definition) is 3. The minimum atomic E-state index is -0.0819. The molecule has 1 atom stereocenters. The normalized spacial score (nSPS) is 13.4. The summed E-state index contributed by atoms with van der Waals surface area (Å²) in [6, 6.07) is 0. The molecule has 0 saturated carbocycles. The van der Waals surface area contributed by atoms with Crippen LogP contribution in [0.1, 0.15) is 26.7 Å². The molecule has 0 aliphatic rings. The van der Waals surface area contributed by atoms with Crippen molar-refractivity contribution in [3.8, 4) is 0 Å². The molecule has 0 rings (SSSR count). The predicted molar refractivity (Wildman–Crippen MR) is 45.3 cm³/mol. The maximum Gasteiger partial charge on any atom is 0.154 e. The van der Waals surface area contributed by atoms with Crippen LogP contribution in [0.4, 0.5) is 0 Å². The minimum absolute atomic E-state index is 0.0819. The average Bonchev–Trinajstić information content (AvgIpc) is 2.01. The molecule has 11 heavy (non-hydrogen) atoms. The molecule has 0 aromatic heterocycles. The standard InChI is InChI=1S/C8H19NO2/c1-3-6-10-8(2)11-7-4-5-9/h8H,3-7,9H2,1-2H3. The molecule has 3 nitrogen and oxygen atoms in total. The van der Waals surface area contributed by atoms with Gasteiger partial charge < -0.3 is 15.2 Å². The van der Waals surface area contributed by atoms with Crippen molar-refractivity contribution in [3.05, 3.63) is 0 Å². The Morgan fingerprint density at radius 2 is 1.91 bits per heavy atom. The highest BCUT2D eigenvalue weighted by Gasteiger charge is 1.98. The number of nitrogens with two attached hydrogens (primary N) is 1. The Balaban J connectivity index is 3.02. The second-order valence-corrected chi connectivity index (χ2v) is 2.45. The van der Waals surface area contributed by atoms with Crippen molar-refractivity contribution < 1.29 is 9.47 Å². The van der Waals surface area contributed by atoms with Gasteiger partial charge in [0.2, 0.25) is 0 Å². The van der Waals surface area contributed by atoms with E-state index in [0.717, 1.165) is 19.4 Å². The highest BCUT2D eigenvalue weighted by atomic mass is 16.7. The Labute approximate surface area is 68.9 Å². The molecule has 0 aromatic carbocycles. The van der Waals surface area contributed by atoms with E-state index in [1.54, 1.807) is 0 Å². The maximum absolute atomic E-state index is 5.29. The van der Waals surface area contributed by atoms with E-state index in [2.05, 4.69) is 6.92 Å². The molecule has 0 radical (unpaired) electrons. The number of ether oxygens (including phenoxy) is 2. The van der Waals surface area contributed by atoms with Crippen molar-refractivity contribution in [3.63, 3.8) is 0 Å². The van der Waals surface area contributed by atoms with Crippen molar-refractivity contribution in [1.82, 2.24) is 0 Å². The highest BCUT2D eigenvalue weighted by Crippen LogP contribution is 1.95. The molecule has 0 amide bonds. The van der Waals surface area contributed by atoms with Gasteiger partial charge in [-0.05, 0) is 26.3 Å². The molecule has 0 heterocycles. The lowest BCUT2D eigenvalue weighted by Gasteiger charge is -2.12. The van der Waals surface area contributed by atoms with Gasteiger partial charge in [-0.25, -0.2) is 0 Å². The summed E-state index contributed by atoms with van der Waals surface area (Å²) in [6.07, 6.45) is 1.85. The van der Waals surface area contributed by atoms with E-state index in [0.29, 0.717) is 13.2 Å². The first kappa shape index (κ1) is 10.9. The largest absolute Gasteiger partial charge is 0.353 e. The van der Waals surface area contributed by atoms with Crippen molar-refractivity contribution in [2.45, 2.75) is 33.0 Å². The van der Waals surface area contributed by atoms with Crippen LogP contribution in [0.3, 0.4) is 0 Å². The summed E-state index contributed by atoms with van der Waals surface area (Å²) in [4.78, 5) is 0. The first-order valence-electron chi connectivity index (χ1n) is 4.24. The van der Waals surface area contributed by atoms with Gasteiger partial charge in [0.05, 0.1) is 6.61 Å². The second-order valence-electron chi connectivity index (χ2n) is 2.45. The molecule has 0 saturated heterocycles. The fourth-order valence-corrected chi connectivity index (χ4v) is 0.665. The molecular formula is C8H19NO2. The van der Waals surface area contributed by atoms with Gasteiger partial charge in [-0.3, -0.25) is 0 Å². The highest BCUT2D eigenvalue weighted by molar-refractivity contribution is 4.37. The van der Waals surface area contributed by atoms with Crippen molar-refractivity contribution in [2.24, 2.45) is 5.73 Å². The Hall–Kier alpha value is -0.120. The summed E-state index contributed by atoms with van der Waals surface area (Å²) in [5.41, 5.74) is 5.29. The van der Waals surface area contributed by atoms with E-state index in [9.17, 15) is 0 Å². The fraction of sp³-hybridized carbons (Fsp3) is 1.00. The molecule has 0 fully saturated rings. The summed E-state index contributed by atoms with van der Waals surface area (Å²) < 4.78 is 10.6. The van der Waals surface area contributed by atoms with Crippen molar-refractivity contribution >= 4 is 0 Å². The Morgan fingerprint density at radius 3 is 2.45 bits per heavy atom. The third kappa shape index (κ3) is 7.78. The third-order valence-electron chi connectivity index (χ3n) is 1.26. The lowest BCUT2D eigenvalue weighted by atomic mass is 10.5. The van der Waals surface area contributed by atoms with Gasteiger partial charge >= 0.3 is 0 Å². The van der Waals surface area contributed by atoms with E-state index in [1.165, 1.54) is 0 Å². The molecule has 0 bridgehead atoms. The van der Waals surface area contributed by atoms with E-state index in [-0.39, 0.29) is 6.29 Å². The molecule has 1 unspecified atom stereocenters. The van der Waals surface area contributed by atoms with Crippen LogP contribution in [0, 0.1) is 0 Å². The Bertz CT molecular complexity index is 78.5. The minimum Gasteiger partial charge on any atom is -0.353 e. The van der Waals surface area contributed by atoms with Gasteiger partial charge in [0.15, 0.2) is 6.29 Å². The first-order chi connectivity index (χ1) is 5.31. The van der Waals surface area contributed by atoms with Crippen LogP contribution in [0.5, 0.6) is 0 Å². The zero-order valence-electron chi connectivity index (χ0n) is 7.51. The van der Waals surface area contributed by atoms with Crippen LogP contribution in [0.15, 0.2) is 0 Å². The molecule has 0 aliphatic carbocycles. The molecule has 0 spiro atoms. The zero-order valence-corrected chi connectivity index (χ0v) is 7.51. The van der Waals surface area contributed by atoms with E-state index >= 15 is 0 Å². The summed E-state index contributed by atoms with van der Waals surface area (Å²) in [5.74, 6) is 0. The molecule has 3 heteroatoms. The SMILES string of the molecule is CCCOC(C)OCCCN. The predicted octanol–water partition coefficient (Wildman–Crippen LogP) is 1.12. The van der Waals surface area contributed by atoms with Gasteiger partial charge in [0, 0.05) is 6.61 Å². The smallest absolute Gasteiger partial charge is 0.154 e. The van der Waals surface area contributed by atoms with Gasteiger partial charge in [-0.15, -0.1) is 0 Å². The van der Waals surface area contributed by atoms with Crippen LogP contribution in [-0.2, 0) is 9.47 Å². The first-order valence-corrected chi connectivity index (χ1v) is 4.24. The topological polar surface area (TPSA) is 44.5 Å². The van der Waals surface area contributed by atoms with Gasteiger partial charge in [0.1, 0.15) is 0 Å². The lowest BCUT2D eigenvalue weighted by molar-refractivity contribution is -0.130. The zero-order chi connectivity index (χ0) is 8.53. The summed E-state index contributed by atoms with van der Waals surface area (Å²) >= 11 is 0. The lowest BCUT2D eigenvalue weighted by Crippen LogP contribution is -2.15. The summed E-state index contributed by atoms with van der Waals surface area (Å²) in [6.45, 7) is 6.13. The van der Waals surface area contributed by atoms with Crippen LogP contribution < -0.4 is 5.73 Å². The molecule has 68 valence electrons. The quantitative estimate of drug-likeness (QED) is 0.449. The van der Waals surface area contributed by atoms with Crippen LogP contribution in [-0.4, -0.2) is 26.0 Å². The van der Waals surface area contributed by atoms with Crippen LogP contribution in [0.25, 0.3) is 0 Å². The Kier molecular flexibility index (Phi) is 7.89. The summed E-state index contributed by atoms with van der Waals surface area (Å²) in [5, 5.41) is 0.